The van der Waals surface area contributed by atoms with E-state index in [1.54, 1.807) is 42.5 Å². The summed E-state index contributed by atoms with van der Waals surface area (Å²) in [7, 11) is 0. The summed E-state index contributed by atoms with van der Waals surface area (Å²) in [5.74, 6) is -1.62. The van der Waals surface area contributed by atoms with Gasteiger partial charge in [0, 0.05) is 24.1 Å². The second-order valence-corrected chi connectivity index (χ2v) is 9.66. The number of fused-ring (bicyclic) bond motifs is 1. The van der Waals surface area contributed by atoms with Crippen LogP contribution in [0.3, 0.4) is 0 Å². The molecule has 1 unspecified atom stereocenters. The first kappa shape index (κ1) is 25.9. The average molecular weight is 526 g/mol. The number of carboxylic acid groups (broad SMARTS) is 1. The molecular formula is C31H27NO7. The van der Waals surface area contributed by atoms with Crippen molar-refractivity contribution in [2.75, 3.05) is 0 Å². The molecule has 1 aliphatic rings. The lowest BCUT2D eigenvalue weighted by Gasteiger charge is -2.34. The number of furan rings is 1. The zero-order chi connectivity index (χ0) is 27.7. The second-order valence-electron chi connectivity index (χ2n) is 9.66. The summed E-state index contributed by atoms with van der Waals surface area (Å²) in [5, 5.41) is 19.9. The fraction of sp³-hybridized carbons (Fsp3) is 0.194. The van der Waals surface area contributed by atoms with Crippen LogP contribution in [0.5, 0.6) is 5.75 Å². The number of aliphatic carboxylic acids is 1. The van der Waals surface area contributed by atoms with E-state index in [0.717, 1.165) is 16.7 Å². The zero-order valence-corrected chi connectivity index (χ0v) is 21.5. The van der Waals surface area contributed by atoms with Crippen molar-refractivity contribution in [3.63, 3.8) is 0 Å². The highest BCUT2D eigenvalue weighted by Gasteiger charge is 2.37. The molecule has 8 heteroatoms. The van der Waals surface area contributed by atoms with Crippen molar-refractivity contribution >= 4 is 17.8 Å². The minimum absolute atomic E-state index is 0.0262. The number of esters is 1. The molecule has 1 atom stereocenters. The van der Waals surface area contributed by atoms with Gasteiger partial charge >= 0.3 is 11.9 Å². The molecule has 0 radical (unpaired) electrons. The van der Waals surface area contributed by atoms with Crippen LogP contribution in [0.4, 0.5) is 0 Å². The molecule has 4 aromatic rings. The standard InChI is InChI=1S/C31H27NO7/c1-18-3-7-20(8-4-18)26-11-12-27(38-26)29(34)32-16-23-15-28(39-31(37)21-9-5-19(2)6-10-21)24(17-33)13-22(23)14-25(32)30(35)36/h3-13,15,25,33H,14,16-17H2,1-2H3,(H,35,36). The van der Waals surface area contributed by atoms with Gasteiger partial charge in [0.25, 0.3) is 5.91 Å². The summed E-state index contributed by atoms with van der Waals surface area (Å²) < 4.78 is 11.4. The summed E-state index contributed by atoms with van der Waals surface area (Å²) in [4.78, 5) is 39.6. The Labute approximate surface area is 225 Å². The van der Waals surface area contributed by atoms with Gasteiger partial charge in [-0.2, -0.15) is 0 Å². The third-order valence-electron chi connectivity index (χ3n) is 6.87. The molecule has 39 heavy (non-hydrogen) atoms. The average Bonchev–Trinajstić information content (AvgIpc) is 3.42. The summed E-state index contributed by atoms with van der Waals surface area (Å²) in [6.45, 7) is 3.44. The van der Waals surface area contributed by atoms with E-state index in [4.69, 9.17) is 9.15 Å². The summed E-state index contributed by atoms with van der Waals surface area (Å²) in [6.07, 6.45) is 0.0289. The largest absolute Gasteiger partial charge is 0.480 e. The number of nitrogens with zero attached hydrogens (tertiary/aromatic N) is 1. The number of benzene rings is 3. The summed E-state index contributed by atoms with van der Waals surface area (Å²) in [6, 6.07) is 19.9. The Bertz CT molecular complexity index is 1550. The van der Waals surface area contributed by atoms with Gasteiger partial charge in [0.2, 0.25) is 0 Å². The molecule has 0 saturated carbocycles. The monoisotopic (exact) mass is 525 g/mol. The number of carboxylic acids is 1. The van der Waals surface area contributed by atoms with Crippen LogP contribution >= 0.6 is 0 Å². The highest BCUT2D eigenvalue weighted by molar-refractivity contribution is 5.95. The Hall–Kier alpha value is -4.69. The SMILES string of the molecule is Cc1ccc(C(=O)Oc2cc3c(cc2CO)CC(C(=O)O)N(C(=O)c2ccc(-c4ccc(C)cc4)o2)C3)cc1. The van der Waals surface area contributed by atoms with E-state index >= 15 is 0 Å². The number of carbonyl (C=O) groups is 3. The van der Waals surface area contributed by atoms with Crippen LogP contribution in [0, 0.1) is 13.8 Å². The number of amides is 1. The van der Waals surface area contributed by atoms with E-state index in [9.17, 15) is 24.6 Å². The number of ether oxygens (including phenoxy) is 1. The number of aryl methyl sites for hydroxylation is 2. The summed E-state index contributed by atoms with van der Waals surface area (Å²) >= 11 is 0. The molecule has 0 saturated heterocycles. The van der Waals surface area contributed by atoms with E-state index in [0.29, 0.717) is 28.0 Å². The van der Waals surface area contributed by atoms with E-state index in [2.05, 4.69) is 0 Å². The maximum atomic E-state index is 13.5. The molecule has 8 nitrogen and oxygen atoms in total. The Morgan fingerprint density at radius 3 is 2.23 bits per heavy atom. The van der Waals surface area contributed by atoms with E-state index in [1.165, 1.54) is 11.0 Å². The predicted octanol–water partition coefficient (Wildman–Crippen LogP) is 4.93. The topological polar surface area (TPSA) is 117 Å². The van der Waals surface area contributed by atoms with E-state index in [-0.39, 0.29) is 24.5 Å². The van der Waals surface area contributed by atoms with Gasteiger partial charge in [-0.25, -0.2) is 9.59 Å². The normalized spacial score (nSPS) is 14.5. The first-order chi connectivity index (χ1) is 18.7. The zero-order valence-electron chi connectivity index (χ0n) is 21.5. The van der Waals surface area contributed by atoms with Gasteiger partial charge in [-0.1, -0.05) is 47.5 Å². The van der Waals surface area contributed by atoms with Crippen molar-refractivity contribution in [3.05, 3.63) is 112 Å². The minimum Gasteiger partial charge on any atom is -0.480 e. The van der Waals surface area contributed by atoms with Crippen molar-refractivity contribution in [2.24, 2.45) is 0 Å². The lowest BCUT2D eigenvalue weighted by atomic mass is 9.91. The highest BCUT2D eigenvalue weighted by atomic mass is 16.5. The van der Waals surface area contributed by atoms with Crippen LogP contribution in [-0.2, 0) is 24.4 Å². The molecular weight excluding hydrogens is 498 g/mol. The number of carbonyl (C=O) groups excluding carboxylic acids is 2. The predicted molar refractivity (Wildman–Crippen MR) is 142 cm³/mol. The molecule has 1 aromatic heterocycles. The van der Waals surface area contributed by atoms with Gasteiger partial charge < -0.3 is 24.3 Å². The third-order valence-corrected chi connectivity index (χ3v) is 6.87. The smallest absolute Gasteiger partial charge is 0.343 e. The first-order valence-electron chi connectivity index (χ1n) is 12.5. The van der Waals surface area contributed by atoms with Crippen LogP contribution in [0.15, 0.2) is 77.2 Å². The number of rotatable bonds is 6. The quantitative estimate of drug-likeness (QED) is 0.271. The molecule has 2 heterocycles. The van der Waals surface area contributed by atoms with E-state index < -0.39 is 30.5 Å². The van der Waals surface area contributed by atoms with Crippen LogP contribution in [-0.4, -0.2) is 39.0 Å². The lowest BCUT2D eigenvalue weighted by Crippen LogP contribution is -2.48. The molecule has 1 amide bonds. The van der Waals surface area contributed by atoms with Gasteiger partial charge in [0.05, 0.1) is 12.2 Å². The van der Waals surface area contributed by atoms with Crippen molar-refractivity contribution in [3.8, 4) is 17.1 Å². The van der Waals surface area contributed by atoms with Gasteiger partial charge in [-0.15, -0.1) is 0 Å². The fourth-order valence-electron chi connectivity index (χ4n) is 4.64. The van der Waals surface area contributed by atoms with E-state index in [1.807, 2.05) is 38.1 Å². The van der Waals surface area contributed by atoms with Crippen LogP contribution < -0.4 is 4.74 Å². The van der Waals surface area contributed by atoms with Gasteiger partial charge in [0.1, 0.15) is 17.6 Å². The molecule has 1 aliphatic heterocycles. The number of hydrogen-bond acceptors (Lipinski definition) is 6. The Morgan fingerprint density at radius 2 is 1.59 bits per heavy atom. The number of hydrogen-bond donors (Lipinski definition) is 2. The maximum absolute atomic E-state index is 13.5. The molecule has 2 N–H and O–H groups in total. The highest BCUT2D eigenvalue weighted by Crippen LogP contribution is 2.33. The molecule has 0 spiro atoms. The fourth-order valence-corrected chi connectivity index (χ4v) is 4.64. The van der Waals surface area contributed by atoms with Crippen molar-refractivity contribution in [1.82, 2.24) is 4.90 Å². The maximum Gasteiger partial charge on any atom is 0.343 e. The van der Waals surface area contributed by atoms with Crippen LogP contribution in [0.2, 0.25) is 0 Å². The second kappa shape index (κ2) is 10.6. The van der Waals surface area contributed by atoms with Gasteiger partial charge in [-0.3, -0.25) is 4.79 Å². The molecule has 3 aromatic carbocycles. The Balaban J connectivity index is 1.43. The molecule has 0 aliphatic carbocycles. The first-order valence-corrected chi connectivity index (χ1v) is 12.5. The number of aliphatic hydroxyl groups is 1. The molecule has 0 bridgehead atoms. The van der Waals surface area contributed by atoms with Crippen molar-refractivity contribution in [1.29, 1.82) is 0 Å². The third kappa shape index (κ3) is 5.32. The molecule has 0 fully saturated rings. The Kier molecular flexibility index (Phi) is 7.04. The van der Waals surface area contributed by atoms with Crippen molar-refractivity contribution < 1.29 is 33.8 Å². The van der Waals surface area contributed by atoms with Crippen molar-refractivity contribution in [2.45, 2.75) is 39.5 Å². The van der Waals surface area contributed by atoms with Crippen LogP contribution in [0.1, 0.15) is 48.7 Å². The summed E-state index contributed by atoms with van der Waals surface area (Å²) in [5.41, 5.74) is 4.87. The van der Waals surface area contributed by atoms with Gasteiger partial charge in [-0.05, 0) is 61.4 Å². The van der Waals surface area contributed by atoms with Crippen LogP contribution in [0.25, 0.3) is 11.3 Å². The van der Waals surface area contributed by atoms with Gasteiger partial charge in [0.15, 0.2) is 5.76 Å². The molecule has 5 rings (SSSR count). The molecule has 198 valence electrons. The number of aliphatic hydroxyl groups excluding tert-OH is 1. The minimum atomic E-state index is -1.15. The Morgan fingerprint density at radius 1 is 0.923 bits per heavy atom. The lowest BCUT2D eigenvalue weighted by molar-refractivity contribution is -0.142.